The Labute approximate surface area is 162 Å². The summed E-state index contributed by atoms with van der Waals surface area (Å²) in [6.07, 6.45) is 0. The molecule has 1 aliphatic heterocycles. The van der Waals surface area contributed by atoms with Gasteiger partial charge in [-0.2, -0.15) is 9.97 Å². The van der Waals surface area contributed by atoms with Crippen LogP contribution in [0.3, 0.4) is 0 Å². The largest absolute Gasteiger partial charge is 0.382 e. The minimum absolute atomic E-state index is 0.0282. The number of nitrogens with zero attached hydrogens (tertiary/aromatic N) is 3. The van der Waals surface area contributed by atoms with Crippen molar-refractivity contribution in [2.75, 3.05) is 16.4 Å². The second-order valence-corrected chi connectivity index (χ2v) is 8.75. The van der Waals surface area contributed by atoms with Crippen LogP contribution in [0.2, 0.25) is 5.02 Å². The SMILES string of the molecule is Nc1nc(N)c2c(n1)N(c1ccc(Br)cc1)c1ccc(Cl)cc1S2(=O)=O. The van der Waals surface area contributed by atoms with Gasteiger partial charge < -0.3 is 11.5 Å². The number of benzene rings is 2. The van der Waals surface area contributed by atoms with E-state index in [4.69, 9.17) is 23.1 Å². The third-order valence-electron chi connectivity index (χ3n) is 3.91. The fourth-order valence-electron chi connectivity index (χ4n) is 2.85. The van der Waals surface area contributed by atoms with E-state index in [1.165, 1.54) is 6.07 Å². The van der Waals surface area contributed by atoms with E-state index >= 15 is 0 Å². The molecule has 0 bridgehead atoms. The standard InChI is InChI=1S/C16H11BrClN5O2S/c17-8-1-4-10(5-2-8)23-11-6-3-9(18)7-12(11)26(24,25)13-14(19)21-16(20)22-15(13)23/h1-7H,(H4,19,20,21,22). The van der Waals surface area contributed by atoms with Crippen LogP contribution in [0.25, 0.3) is 0 Å². The molecule has 7 nitrogen and oxygen atoms in total. The van der Waals surface area contributed by atoms with Crippen molar-refractivity contribution in [2.45, 2.75) is 9.79 Å². The summed E-state index contributed by atoms with van der Waals surface area (Å²) >= 11 is 9.43. The molecular formula is C16H11BrClN5O2S. The molecule has 0 amide bonds. The van der Waals surface area contributed by atoms with Crippen LogP contribution in [0.4, 0.5) is 29.0 Å². The molecule has 0 saturated carbocycles. The first-order chi connectivity index (χ1) is 12.3. The molecule has 132 valence electrons. The Balaban J connectivity index is 2.12. The number of anilines is 5. The molecule has 2 heterocycles. The maximum atomic E-state index is 13.1. The lowest BCUT2D eigenvalue weighted by molar-refractivity contribution is 0.594. The van der Waals surface area contributed by atoms with Gasteiger partial charge in [0.05, 0.1) is 10.6 Å². The predicted molar refractivity (Wildman–Crippen MR) is 104 cm³/mol. The van der Waals surface area contributed by atoms with Gasteiger partial charge in [-0.1, -0.05) is 27.5 Å². The van der Waals surface area contributed by atoms with E-state index in [9.17, 15) is 8.42 Å². The molecule has 26 heavy (non-hydrogen) atoms. The molecule has 1 aliphatic rings. The van der Waals surface area contributed by atoms with Crippen LogP contribution in [-0.4, -0.2) is 18.4 Å². The number of fused-ring (bicyclic) bond motifs is 2. The first kappa shape index (κ1) is 17.1. The Morgan fingerprint density at radius 2 is 1.73 bits per heavy atom. The van der Waals surface area contributed by atoms with Gasteiger partial charge in [-0.05, 0) is 42.5 Å². The molecule has 0 atom stereocenters. The highest BCUT2D eigenvalue weighted by Gasteiger charge is 2.39. The van der Waals surface area contributed by atoms with E-state index < -0.39 is 9.84 Å². The fraction of sp³-hybridized carbons (Fsp3) is 0. The molecule has 0 saturated heterocycles. The van der Waals surface area contributed by atoms with Gasteiger partial charge in [0.15, 0.2) is 16.5 Å². The summed E-state index contributed by atoms with van der Waals surface area (Å²) in [5.74, 6) is -0.219. The molecular weight excluding hydrogens is 442 g/mol. The zero-order chi connectivity index (χ0) is 18.6. The van der Waals surface area contributed by atoms with Crippen molar-refractivity contribution < 1.29 is 8.42 Å². The van der Waals surface area contributed by atoms with Crippen LogP contribution in [0.15, 0.2) is 56.7 Å². The second-order valence-electron chi connectivity index (χ2n) is 5.55. The van der Waals surface area contributed by atoms with E-state index in [2.05, 4.69) is 25.9 Å². The number of nitrogens with two attached hydrogens (primary N) is 2. The number of aromatic nitrogens is 2. The molecule has 3 aromatic rings. The average Bonchev–Trinajstić information content (AvgIpc) is 2.56. The van der Waals surface area contributed by atoms with Gasteiger partial charge in [0.25, 0.3) is 0 Å². The number of rotatable bonds is 1. The average molecular weight is 453 g/mol. The molecule has 10 heteroatoms. The Morgan fingerprint density at radius 3 is 2.42 bits per heavy atom. The van der Waals surface area contributed by atoms with Gasteiger partial charge in [0.1, 0.15) is 0 Å². The maximum Gasteiger partial charge on any atom is 0.224 e. The number of halogens is 2. The summed E-state index contributed by atoms with van der Waals surface area (Å²) in [6.45, 7) is 0. The summed E-state index contributed by atoms with van der Waals surface area (Å²) in [4.78, 5) is 9.49. The third kappa shape index (κ3) is 2.51. The molecule has 0 spiro atoms. The zero-order valence-corrected chi connectivity index (χ0v) is 16.2. The van der Waals surface area contributed by atoms with E-state index in [0.29, 0.717) is 16.4 Å². The lowest BCUT2D eigenvalue weighted by Gasteiger charge is -2.32. The quantitative estimate of drug-likeness (QED) is 0.452. The van der Waals surface area contributed by atoms with Crippen LogP contribution in [0, 0.1) is 0 Å². The number of hydrogen-bond donors (Lipinski definition) is 2. The van der Waals surface area contributed by atoms with Crippen LogP contribution in [0.1, 0.15) is 0 Å². The monoisotopic (exact) mass is 451 g/mol. The van der Waals surface area contributed by atoms with E-state index in [0.717, 1.165) is 4.47 Å². The minimum Gasteiger partial charge on any atom is -0.382 e. The fourth-order valence-corrected chi connectivity index (χ4v) is 4.98. The third-order valence-corrected chi connectivity index (χ3v) is 6.51. The Kier molecular flexibility index (Phi) is 3.83. The van der Waals surface area contributed by atoms with Crippen LogP contribution in [-0.2, 0) is 9.84 Å². The van der Waals surface area contributed by atoms with E-state index in [-0.39, 0.29) is 27.4 Å². The summed E-state index contributed by atoms with van der Waals surface area (Å²) in [5, 5.41) is 0.293. The Bertz CT molecular complexity index is 1150. The van der Waals surface area contributed by atoms with Gasteiger partial charge in [0.2, 0.25) is 15.8 Å². The van der Waals surface area contributed by atoms with Crippen molar-refractivity contribution in [1.29, 1.82) is 0 Å². The van der Waals surface area contributed by atoms with Gasteiger partial charge in [-0.15, -0.1) is 0 Å². The molecule has 1 aromatic heterocycles. The highest BCUT2D eigenvalue weighted by Crippen LogP contribution is 2.49. The number of hydrogen-bond acceptors (Lipinski definition) is 7. The molecule has 0 aliphatic carbocycles. The zero-order valence-electron chi connectivity index (χ0n) is 13.0. The summed E-state index contributed by atoms with van der Waals surface area (Å²) in [7, 11) is -3.96. The smallest absolute Gasteiger partial charge is 0.224 e. The van der Waals surface area contributed by atoms with Gasteiger partial charge in [-0.25, -0.2) is 8.42 Å². The topological polar surface area (TPSA) is 115 Å². The highest BCUT2D eigenvalue weighted by atomic mass is 79.9. The van der Waals surface area contributed by atoms with Crippen LogP contribution < -0.4 is 16.4 Å². The minimum atomic E-state index is -3.96. The summed E-state index contributed by atoms with van der Waals surface area (Å²) in [5.41, 5.74) is 12.7. The first-order valence-corrected chi connectivity index (χ1v) is 9.98. The lowest BCUT2D eigenvalue weighted by atomic mass is 10.2. The van der Waals surface area contributed by atoms with Crippen molar-refractivity contribution in [1.82, 2.24) is 9.97 Å². The van der Waals surface area contributed by atoms with Crippen LogP contribution >= 0.6 is 27.5 Å². The highest BCUT2D eigenvalue weighted by molar-refractivity contribution is 9.10. The van der Waals surface area contributed by atoms with E-state index in [1.807, 2.05) is 24.3 Å². The summed E-state index contributed by atoms with van der Waals surface area (Å²) < 4.78 is 27.1. The van der Waals surface area contributed by atoms with Crippen molar-refractivity contribution in [2.24, 2.45) is 0 Å². The Hall–Kier alpha value is -2.36. The van der Waals surface area contributed by atoms with Crippen molar-refractivity contribution in [3.05, 3.63) is 52.0 Å². The molecule has 4 N–H and O–H groups in total. The molecule has 0 fully saturated rings. The van der Waals surface area contributed by atoms with Crippen molar-refractivity contribution in [3.63, 3.8) is 0 Å². The van der Waals surface area contributed by atoms with Crippen molar-refractivity contribution >= 4 is 66.3 Å². The number of nitrogen functional groups attached to an aromatic ring is 2. The first-order valence-electron chi connectivity index (χ1n) is 7.32. The molecule has 0 radical (unpaired) electrons. The van der Waals surface area contributed by atoms with E-state index in [1.54, 1.807) is 17.0 Å². The van der Waals surface area contributed by atoms with Crippen LogP contribution in [0.5, 0.6) is 0 Å². The molecule has 4 rings (SSSR count). The second kappa shape index (κ2) is 5.83. The predicted octanol–water partition coefficient (Wildman–Crippen LogP) is 3.67. The molecule has 0 unspecified atom stereocenters. The summed E-state index contributed by atoms with van der Waals surface area (Å²) in [6, 6.07) is 11.9. The van der Waals surface area contributed by atoms with Gasteiger partial charge in [0, 0.05) is 15.2 Å². The number of sulfone groups is 1. The van der Waals surface area contributed by atoms with Gasteiger partial charge >= 0.3 is 0 Å². The van der Waals surface area contributed by atoms with Gasteiger partial charge in [-0.3, -0.25) is 4.90 Å². The lowest BCUT2D eigenvalue weighted by Crippen LogP contribution is -2.25. The normalized spacial score (nSPS) is 14.6. The molecule has 2 aromatic carbocycles. The van der Waals surface area contributed by atoms with Crippen molar-refractivity contribution in [3.8, 4) is 0 Å². The maximum absolute atomic E-state index is 13.1. The Morgan fingerprint density at radius 1 is 1.04 bits per heavy atom.